The predicted molar refractivity (Wildman–Crippen MR) is 94.7 cm³/mol. The van der Waals surface area contributed by atoms with Crippen molar-refractivity contribution in [2.24, 2.45) is 0 Å². The molecule has 2 heterocycles. The molecule has 8 heteroatoms. The van der Waals surface area contributed by atoms with Crippen LogP contribution in [0.2, 0.25) is 0 Å². The number of nitro benzene ring substituents is 1. The number of anilines is 1. The number of hydrogen-bond acceptors (Lipinski definition) is 5. The zero-order chi connectivity index (χ0) is 17.4. The van der Waals surface area contributed by atoms with Crippen LogP contribution < -0.4 is 4.90 Å². The van der Waals surface area contributed by atoms with Gasteiger partial charge in [0, 0.05) is 30.4 Å². The summed E-state index contributed by atoms with van der Waals surface area (Å²) in [5, 5.41) is 15.5. The van der Waals surface area contributed by atoms with Crippen LogP contribution in [0.3, 0.4) is 0 Å². The van der Waals surface area contributed by atoms with E-state index in [0.29, 0.717) is 18.0 Å². The van der Waals surface area contributed by atoms with Gasteiger partial charge in [0.25, 0.3) is 5.69 Å². The maximum atomic E-state index is 11.0. The Kier molecular flexibility index (Phi) is 4.23. The number of nitro groups is 1. The maximum absolute atomic E-state index is 11.0. The molecule has 0 N–H and O–H groups in total. The summed E-state index contributed by atoms with van der Waals surface area (Å²) in [6.07, 6.45) is 2.57. The number of fused-ring (bicyclic) bond motifs is 1. The molecule has 1 atom stereocenters. The van der Waals surface area contributed by atoms with E-state index in [1.165, 1.54) is 0 Å². The third kappa shape index (κ3) is 2.73. The topological polar surface area (TPSA) is 69.1 Å². The Morgan fingerprint density at radius 1 is 1.54 bits per heavy atom. The Hall–Kier alpha value is -2.48. The highest BCUT2D eigenvalue weighted by Crippen LogP contribution is 2.34. The molecule has 0 saturated heterocycles. The number of allylic oxidation sites excluding steroid dienone is 1. The van der Waals surface area contributed by atoms with Crippen molar-refractivity contribution >= 4 is 23.6 Å². The van der Waals surface area contributed by atoms with Crippen molar-refractivity contribution in [1.82, 2.24) is 14.3 Å². The zero-order valence-corrected chi connectivity index (χ0v) is 14.5. The molecular formula is C16H19N5O2S. The molecule has 1 aliphatic rings. The van der Waals surface area contributed by atoms with Crippen molar-refractivity contribution in [1.29, 1.82) is 0 Å². The summed E-state index contributed by atoms with van der Waals surface area (Å²) in [6, 6.07) is 5.25. The Morgan fingerprint density at radius 3 is 2.96 bits per heavy atom. The quantitative estimate of drug-likeness (QED) is 0.360. The van der Waals surface area contributed by atoms with Gasteiger partial charge in [-0.05, 0) is 44.1 Å². The van der Waals surface area contributed by atoms with Gasteiger partial charge in [-0.3, -0.25) is 10.1 Å². The molecule has 0 spiro atoms. The molecule has 0 radical (unpaired) electrons. The maximum Gasteiger partial charge on any atom is 0.269 e. The fourth-order valence-corrected chi connectivity index (χ4v) is 3.44. The smallest absolute Gasteiger partial charge is 0.269 e. The van der Waals surface area contributed by atoms with Crippen LogP contribution in [0, 0.1) is 21.8 Å². The van der Waals surface area contributed by atoms with Crippen molar-refractivity contribution in [3.8, 4) is 0 Å². The highest BCUT2D eigenvalue weighted by Gasteiger charge is 2.28. The lowest BCUT2D eigenvalue weighted by Crippen LogP contribution is -2.32. The van der Waals surface area contributed by atoms with Gasteiger partial charge >= 0.3 is 0 Å². The van der Waals surface area contributed by atoms with Gasteiger partial charge in [0.1, 0.15) is 12.5 Å². The van der Waals surface area contributed by atoms with Crippen LogP contribution in [-0.2, 0) is 19.6 Å². The van der Waals surface area contributed by atoms with Crippen LogP contribution in [0.15, 0.2) is 30.9 Å². The van der Waals surface area contributed by atoms with Gasteiger partial charge in [0.05, 0.1) is 4.92 Å². The van der Waals surface area contributed by atoms with Crippen molar-refractivity contribution in [2.45, 2.75) is 39.5 Å². The fraction of sp³-hybridized carbons (Fsp3) is 0.375. The Morgan fingerprint density at radius 2 is 2.29 bits per heavy atom. The third-order valence-corrected chi connectivity index (χ3v) is 4.77. The minimum Gasteiger partial charge on any atom is -0.349 e. The number of benzene rings is 1. The number of aromatic nitrogens is 3. The second-order valence-electron chi connectivity index (χ2n) is 5.96. The molecule has 1 aromatic carbocycles. The average Bonchev–Trinajstić information content (AvgIpc) is 2.98. The molecule has 0 saturated carbocycles. The lowest BCUT2D eigenvalue weighted by Gasteiger charge is -2.24. The summed E-state index contributed by atoms with van der Waals surface area (Å²) < 4.78 is 4.37. The van der Waals surface area contributed by atoms with E-state index in [4.69, 9.17) is 12.2 Å². The van der Waals surface area contributed by atoms with Gasteiger partial charge in [0.2, 0.25) is 0 Å². The summed E-state index contributed by atoms with van der Waals surface area (Å²) in [7, 11) is 0. The normalized spacial score (nSPS) is 16.2. The molecule has 2 aromatic rings. The molecule has 1 aromatic heterocycles. The van der Waals surface area contributed by atoms with Crippen LogP contribution in [0.1, 0.15) is 18.3 Å². The number of hydrogen-bond donors (Lipinski definition) is 0. The molecule has 126 valence electrons. The highest BCUT2D eigenvalue weighted by atomic mass is 32.1. The Bertz CT molecular complexity index is 870. The summed E-state index contributed by atoms with van der Waals surface area (Å²) >= 11 is 5.50. The SMILES string of the molecule is C=CCn1c(C)nn(CN2c3ccc([N+](=O)[O-])cc3CC2C)c1=S. The zero-order valence-electron chi connectivity index (χ0n) is 13.7. The van der Waals surface area contributed by atoms with E-state index < -0.39 is 0 Å². The van der Waals surface area contributed by atoms with Crippen LogP contribution >= 0.6 is 12.2 Å². The molecule has 24 heavy (non-hydrogen) atoms. The molecule has 0 fully saturated rings. The van der Waals surface area contributed by atoms with Gasteiger partial charge in [-0.25, -0.2) is 4.68 Å². The number of non-ortho nitro benzene ring substituents is 1. The fourth-order valence-electron chi connectivity index (χ4n) is 3.14. The van der Waals surface area contributed by atoms with E-state index in [1.807, 2.05) is 17.6 Å². The van der Waals surface area contributed by atoms with Crippen molar-refractivity contribution in [2.75, 3.05) is 4.90 Å². The number of rotatable bonds is 5. The average molecular weight is 345 g/mol. The second kappa shape index (κ2) is 6.20. The monoisotopic (exact) mass is 345 g/mol. The molecule has 1 aliphatic heterocycles. The van der Waals surface area contributed by atoms with E-state index in [9.17, 15) is 10.1 Å². The number of aryl methyl sites for hydroxylation is 1. The van der Waals surface area contributed by atoms with Crippen molar-refractivity contribution < 1.29 is 4.92 Å². The van der Waals surface area contributed by atoms with Gasteiger partial charge < -0.3 is 9.47 Å². The van der Waals surface area contributed by atoms with Crippen LogP contribution in [0.5, 0.6) is 0 Å². The molecule has 0 amide bonds. The van der Waals surface area contributed by atoms with E-state index >= 15 is 0 Å². The van der Waals surface area contributed by atoms with E-state index in [2.05, 4.69) is 23.5 Å². The van der Waals surface area contributed by atoms with Crippen molar-refractivity contribution in [3.05, 3.63) is 57.1 Å². The standard InChI is InChI=1S/C16H19N5O2S/c1-4-7-18-12(3)17-20(16(18)24)10-19-11(2)8-13-9-14(21(22)23)5-6-15(13)19/h4-6,9,11H,1,7-8,10H2,2-3H3. The molecule has 1 unspecified atom stereocenters. The summed E-state index contributed by atoms with van der Waals surface area (Å²) in [4.78, 5) is 12.8. The number of nitrogens with zero attached hydrogens (tertiary/aromatic N) is 5. The first-order valence-corrected chi connectivity index (χ1v) is 8.12. The highest BCUT2D eigenvalue weighted by molar-refractivity contribution is 7.71. The van der Waals surface area contributed by atoms with Gasteiger partial charge in [-0.2, -0.15) is 5.10 Å². The van der Waals surface area contributed by atoms with E-state index in [1.54, 1.807) is 22.9 Å². The first-order chi connectivity index (χ1) is 11.4. The third-order valence-electron chi connectivity index (χ3n) is 4.34. The van der Waals surface area contributed by atoms with Gasteiger partial charge in [-0.15, -0.1) is 6.58 Å². The predicted octanol–water partition coefficient (Wildman–Crippen LogP) is 3.23. The minimum absolute atomic E-state index is 0.130. The second-order valence-corrected chi connectivity index (χ2v) is 6.33. The lowest BCUT2D eigenvalue weighted by atomic mass is 10.1. The minimum atomic E-state index is -0.357. The molecule has 7 nitrogen and oxygen atoms in total. The summed E-state index contributed by atoms with van der Waals surface area (Å²) in [5.74, 6) is 0.843. The first kappa shape index (κ1) is 16.4. The molecule has 0 bridgehead atoms. The van der Waals surface area contributed by atoms with Gasteiger partial charge in [0.15, 0.2) is 4.77 Å². The Balaban J connectivity index is 1.93. The summed E-state index contributed by atoms with van der Waals surface area (Å²) in [5.41, 5.74) is 2.13. The van der Waals surface area contributed by atoms with E-state index in [0.717, 1.165) is 23.5 Å². The largest absolute Gasteiger partial charge is 0.349 e. The van der Waals surface area contributed by atoms with Crippen LogP contribution in [0.4, 0.5) is 11.4 Å². The van der Waals surface area contributed by atoms with Crippen molar-refractivity contribution in [3.63, 3.8) is 0 Å². The van der Waals surface area contributed by atoms with Crippen LogP contribution in [0.25, 0.3) is 0 Å². The Labute approximate surface area is 145 Å². The first-order valence-electron chi connectivity index (χ1n) is 7.71. The lowest BCUT2D eigenvalue weighted by molar-refractivity contribution is -0.384. The molecule has 0 aliphatic carbocycles. The van der Waals surface area contributed by atoms with Crippen LogP contribution in [-0.4, -0.2) is 25.3 Å². The molecular weight excluding hydrogens is 326 g/mol. The van der Waals surface area contributed by atoms with Gasteiger partial charge in [-0.1, -0.05) is 6.08 Å². The molecule has 3 rings (SSSR count). The summed E-state index contributed by atoms with van der Waals surface area (Å²) in [6.45, 7) is 8.91. The van der Waals surface area contributed by atoms with E-state index in [-0.39, 0.29) is 16.7 Å².